The van der Waals surface area contributed by atoms with Crippen molar-refractivity contribution in [2.24, 2.45) is 11.1 Å². The summed E-state index contributed by atoms with van der Waals surface area (Å²) in [6, 6.07) is 0. The maximum absolute atomic E-state index is 11.2. The van der Waals surface area contributed by atoms with E-state index in [-0.39, 0.29) is 11.2 Å². The Hall–Kier alpha value is -0.410. The Labute approximate surface area is 74.3 Å². The Balaban J connectivity index is 3.68. The minimum Gasteiger partial charge on any atom is -0.384 e. The van der Waals surface area contributed by atoms with Gasteiger partial charge in [0.05, 0.1) is 6.61 Å². The Morgan fingerprint density at radius 1 is 1.50 bits per heavy atom. The molecule has 0 aromatic carbocycles. The van der Waals surface area contributed by atoms with Crippen LogP contribution in [0.25, 0.3) is 0 Å². The lowest BCUT2D eigenvalue weighted by atomic mass is 9.87. The predicted octanol–water partition coefficient (Wildman–Crippen LogP) is 0.967. The van der Waals surface area contributed by atoms with Gasteiger partial charge in [0.25, 0.3) is 0 Å². The molecule has 0 spiro atoms. The number of methoxy groups -OCH3 is 1. The number of carbonyl (C=O) groups excluding carboxylic acids is 1. The molecule has 0 aliphatic carbocycles. The zero-order chi connectivity index (χ0) is 9.61. The quantitative estimate of drug-likeness (QED) is 0.651. The molecular formula is C9H19NO2. The molecule has 0 rings (SSSR count). The van der Waals surface area contributed by atoms with Gasteiger partial charge in [-0.05, 0) is 12.0 Å². The van der Waals surface area contributed by atoms with E-state index in [0.717, 1.165) is 0 Å². The monoisotopic (exact) mass is 173 g/mol. The Morgan fingerprint density at radius 2 is 2.08 bits per heavy atom. The molecule has 0 atom stereocenters. The molecule has 3 heteroatoms. The van der Waals surface area contributed by atoms with Crippen molar-refractivity contribution < 1.29 is 9.53 Å². The van der Waals surface area contributed by atoms with Gasteiger partial charge in [-0.3, -0.25) is 4.79 Å². The number of nitrogens with two attached hydrogens (primary N) is 1. The molecule has 0 radical (unpaired) electrons. The maximum Gasteiger partial charge on any atom is 0.135 e. The molecule has 0 heterocycles. The molecule has 0 unspecified atom stereocenters. The van der Waals surface area contributed by atoms with Crippen LogP contribution in [0.3, 0.4) is 0 Å². The van der Waals surface area contributed by atoms with Crippen LogP contribution in [0.2, 0.25) is 0 Å². The van der Waals surface area contributed by atoms with Crippen molar-refractivity contribution in [1.82, 2.24) is 0 Å². The van der Waals surface area contributed by atoms with Crippen LogP contribution >= 0.6 is 0 Å². The Bertz CT molecular complexity index is 143. The van der Waals surface area contributed by atoms with Crippen LogP contribution < -0.4 is 5.73 Å². The fraction of sp³-hybridized carbons (Fsp3) is 0.889. The summed E-state index contributed by atoms with van der Waals surface area (Å²) < 4.78 is 4.81. The first-order chi connectivity index (χ1) is 5.52. The van der Waals surface area contributed by atoms with Crippen LogP contribution in [0.1, 0.15) is 26.7 Å². The average molecular weight is 173 g/mol. The van der Waals surface area contributed by atoms with Gasteiger partial charge in [0, 0.05) is 20.0 Å². The normalized spacial score (nSPS) is 11.7. The summed E-state index contributed by atoms with van der Waals surface area (Å²) in [5.74, 6) is 0.229. The minimum atomic E-state index is -0.0647. The molecule has 0 saturated carbocycles. The lowest BCUT2D eigenvalue weighted by Crippen LogP contribution is -2.26. The molecule has 72 valence electrons. The fourth-order valence-corrected chi connectivity index (χ4v) is 0.910. The van der Waals surface area contributed by atoms with E-state index in [1.165, 1.54) is 0 Å². The van der Waals surface area contributed by atoms with Crippen molar-refractivity contribution in [3.8, 4) is 0 Å². The summed E-state index contributed by atoms with van der Waals surface area (Å²) in [4.78, 5) is 11.2. The van der Waals surface area contributed by atoms with E-state index in [4.69, 9.17) is 10.5 Å². The van der Waals surface area contributed by atoms with E-state index < -0.39 is 0 Å². The predicted molar refractivity (Wildman–Crippen MR) is 49.0 cm³/mol. The zero-order valence-electron chi connectivity index (χ0n) is 8.22. The van der Waals surface area contributed by atoms with Gasteiger partial charge in [-0.25, -0.2) is 0 Å². The van der Waals surface area contributed by atoms with Gasteiger partial charge in [-0.1, -0.05) is 13.8 Å². The third kappa shape index (κ3) is 5.27. The number of Topliss-reactive ketones (excluding diaryl/α,β-unsaturated/α-hetero) is 1. The lowest BCUT2D eigenvalue weighted by Gasteiger charge is -2.20. The summed E-state index contributed by atoms with van der Waals surface area (Å²) in [5, 5.41) is 0. The van der Waals surface area contributed by atoms with Crippen LogP contribution in [0, 0.1) is 5.41 Å². The molecule has 0 bridgehead atoms. The van der Waals surface area contributed by atoms with Gasteiger partial charge < -0.3 is 10.5 Å². The van der Waals surface area contributed by atoms with Crippen LogP contribution in [-0.4, -0.2) is 26.0 Å². The van der Waals surface area contributed by atoms with Crippen molar-refractivity contribution in [1.29, 1.82) is 0 Å². The van der Waals surface area contributed by atoms with E-state index >= 15 is 0 Å². The topological polar surface area (TPSA) is 52.3 Å². The number of ether oxygens (including phenoxy) is 1. The second-order valence-corrected chi connectivity index (χ2v) is 3.83. The fourth-order valence-electron chi connectivity index (χ4n) is 0.910. The summed E-state index contributed by atoms with van der Waals surface area (Å²) in [6.07, 6.45) is 1.05. The molecule has 2 N–H and O–H groups in total. The molecule has 0 fully saturated rings. The van der Waals surface area contributed by atoms with Gasteiger partial charge in [-0.2, -0.15) is 0 Å². The average Bonchev–Trinajstić information content (AvgIpc) is 2.00. The van der Waals surface area contributed by atoms with Crippen LogP contribution in [-0.2, 0) is 9.53 Å². The Morgan fingerprint density at radius 3 is 2.50 bits per heavy atom. The highest BCUT2D eigenvalue weighted by molar-refractivity contribution is 5.79. The molecule has 0 saturated heterocycles. The van der Waals surface area contributed by atoms with Crippen molar-refractivity contribution in [2.75, 3.05) is 20.3 Å². The minimum absolute atomic E-state index is 0.0647. The number of carbonyl (C=O) groups is 1. The summed E-state index contributed by atoms with van der Waals surface area (Å²) in [6.45, 7) is 5.06. The van der Waals surface area contributed by atoms with Crippen molar-refractivity contribution in [3.63, 3.8) is 0 Å². The maximum atomic E-state index is 11.2. The van der Waals surface area contributed by atoms with E-state index in [1.807, 2.05) is 13.8 Å². The van der Waals surface area contributed by atoms with Gasteiger partial charge in [0.15, 0.2) is 0 Å². The van der Waals surface area contributed by atoms with Crippen LogP contribution in [0.4, 0.5) is 0 Å². The molecule has 3 nitrogen and oxygen atoms in total. The SMILES string of the molecule is COCCC(=O)CC(C)(C)CN. The van der Waals surface area contributed by atoms with Crippen LogP contribution in [0.5, 0.6) is 0 Å². The molecule has 0 aliphatic heterocycles. The molecule has 0 aromatic heterocycles. The highest BCUT2D eigenvalue weighted by Gasteiger charge is 2.19. The van der Waals surface area contributed by atoms with Crippen molar-refractivity contribution in [3.05, 3.63) is 0 Å². The first-order valence-corrected chi connectivity index (χ1v) is 4.22. The number of ketones is 1. The largest absolute Gasteiger partial charge is 0.384 e. The molecule has 12 heavy (non-hydrogen) atoms. The first kappa shape index (κ1) is 11.6. The van der Waals surface area contributed by atoms with Gasteiger partial charge in [0.2, 0.25) is 0 Å². The zero-order valence-corrected chi connectivity index (χ0v) is 8.22. The van der Waals surface area contributed by atoms with Gasteiger partial charge in [-0.15, -0.1) is 0 Å². The number of hydrogen-bond acceptors (Lipinski definition) is 3. The summed E-state index contributed by atoms with van der Waals surface area (Å²) >= 11 is 0. The molecular weight excluding hydrogens is 154 g/mol. The van der Waals surface area contributed by atoms with Crippen LogP contribution in [0.15, 0.2) is 0 Å². The molecule has 0 amide bonds. The number of hydrogen-bond donors (Lipinski definition) is 1. The third-order valence-electron chi connectivity index (χ3n) is 1.81. The van der Waals surface area contributed by atoms with Crippen molar-refractivity contribution >= 4 is 5.78 Å². The highest BCUT2D eigenvalue weighted by atomic mass is 16.5. The lowest BCUT2D eigenvalue weighted by molar-refractivity contribution is -0.121. The van der Waals surface area contributed by atoms with E-state index in [2.05, 4.69) is 0 Å². The van der Waals surface area contributed by atoms with E-state index in [9.17, 15) is 4.79 Å². The summed E-state index contributed by atoms with van der Waals surface area (Å²) in [5.41, 5.74) is 5.44. The summed E-state index contributed by atoms with van der Waals surface area (Å²) in [7, 11) is 1.60. The first-order valence-electron chi connectivity index (χ1n) is 4.22. The van der Waals surface area contributed by atoms with Crippen molar-refractivity contribution in [2.45, 2.75) is 26.7 Å². The van der Waals surface area contributed by atoms with Gasteiger partial charge >= 0.3 is 0 Å². The standard InChI is InChI=1S/C9H19NO2/c1-9(2,7-10)6-8(11)4-5-12-3/h4-7,10H2,1-3H3. The van der Waals surface area contributed by atoms with E-state index in [0.29, 0.717) is 26.0 Å². The Kier molecular flexibility index (Phi) is 5.09. The highest BCUT2D eigenvalue weighted by Crippen LogP contribution is 2.18. The number of rotatable bonds is 6. The molecule has 0 aliphatic rings. The second kappa shape index (κ2) is 5.27. The van der Waals surface area contributed by atoms with E-state index in [1.54, 1.807) is 7.11 Å². The smallest absolute Gasteiger partial charge is 0.135 e. The second-order valence-electron chi connectivity index (χ2n) is 3.83. The third-order valence-corrected chi connectivity index (χ3v) is 1.81. The molecule has 0 aromatic rings. The van der Waals surface area contributed by atoms with Gasteiger partial charge in [0.1, 0.15) is 5.78 Å².